The largest absolute Gasteiger partial charge is 0.308 e. The van der Waals surface area contributed by atoms with Gasteiger partial charge in [-0.3, -0.25) is 0 Å². The summed E-state index contributed by atoms with van der Waals surface area (Å²) < 4.78 is 2.55. The molecule has 0 saturated heterocycles. The quantitative estimate of drug-likeness (QED) is 0.168. The van der Waals surface area contributed by atoms with E-state index in [-0.39, 0.29) is 0 Å². The second kappa shape index (κ2) is 13.2. The van der Waals surface area contributed by atoms with Crippen LogP contribution in [0.15, 0.2) is 224 Å². The second-order valence-corrected chi connectivity index (χ2v) is 17.4. The van der Waals surface area contributed by atoms with Crippen molar-refractivity contribution >= 4 is 59.3 Å². The molecule has 0 aliphatic heterocycles. The Morgan fingerprint density at radius 2 is 0.902 bits per heavy atom. The minimum atomic E-state index is -0.448. The Balaban J connectivity index is 1.12. The van der Waals surface area contributed by atoms with Gasteiger partial charge in [-0.25, -0.2) is 0 Å². The number of thiophene rings is 1. The Bertz CT molecular complexity index is 3510. The van der Waals surface area contributed by atoms with Crippen LogP contribution in [-0.4, -0.2) is 0 Å². The van der Waals surface area contributed by atoms with E-state index in [0.29, 0.717) is 0 Å². The topological polar surface area (TPSA) is 3.24 Å². The first-order valence-corrected chi connectivity index (χ1v) is 21.9. The van der Waals surface area contributed by atoms with Gasteiger partial charge in [0.25, 0.3) is 0 Å². The molecule has 2 aliphatic carbocycles. The molecule has 1 heterocycles. The summed E-state index contributed by atoms with van der Waals surface area (Å²) in [5, 5.41) is 5.03. The molecular weight excluding hydrogens is 755 g/mol. The van der Waals surface area contributed by atoms with Gasteiger partial charge in [-0.1, -0.05) is 188 Å². The lowest BCUT2D eigenvalue weighted by Crippen LogP contribution is -2.26. The third kappa shape index (κ3) is 4.88. The summed E-state index contributed by atoms with van der Waals surface area (Å²) >= 11 is 1.89. The monoisotopic (exact) mass is 791 g/mol. The summed E-state index contributed by atoms with van der Waals surface area (Å²) in [6.45, 7) is 0. The van der Waals surface area contributed by atoms with Gasteiger partial charge in [-0.15, -0.1) is 11.3 Å². The molecule has 0 atom stereocenters. The van der Waals surface area contributed by atoms with Crippen molar-refractivity contribution < 1.29 is 0 Å². The van der Waals surface area contributed by atoms with E-state index in [1.54, 1.807) is 0 Å². The van der Waals surface area contributed by atoms with Gasteiger partial charge < -0.3 is 4.90 Å². The van der Waals surface area contributed by atoms with Crippen LogP contribution in [0.1, 0.15) is 22.3 Å². The molecular formula is C59H37NS. The molecule has 284 valence electrons. The highest BCUT2D eigenvalue weighted by Crippen LogP contribution is 2.65. The minimum absolute atomic E-state index is 0.448. The van der Waals surface area contributed by atoms with E-state index in [9.17, 15) is 0 Å². The maximum absolute atomic E-state index is 2.59. The Morgan fingerprint density at radius 3 is 1.69 bits per heavy atom. The number of nitrogens with zero attached hydrogens (tertiary/aromatic N) is 1. The van der Waals surface area contributed by atoms with Gasteiger partial charge in [0.1, 0.15) is 0 Å². The number of para-hydroxylation sites is 1. The number of hydrogen-bond donors (Lipinski definition) is 0. The molecule has 2 aliphatic rings. The minimum Gasteiger partial charge on any atom is -0.308 e. The van der Waals surface area contributed by atoms with Gasteiger partial charge in [-0.05, 0) is 103 Å². The molecule has 1 nitrogen and oxygen atoms in total. The molecule has 1 aromatic heterocycles. The van der Waals surface area contributed by atoms with Gasteiger partial charge in [0.05, 0.1) is 27.2 Å². The predicted octanol–water partition coefficient (Wildman–Crippen LogP) is 16.4. The first-order chi connectivity index (χ1) is 30.3. The molecule has 0 bridgehead atoms. The number of hydrogen-bond acceptors (Lipinski definition) is 2. The van der Waals surface area contributed by atoms with E-state index in [1.165, 1.54) is 109 Å². The van der Waals surface area contributed by atoms with E-state index < -0.39 is 5.41 Å². The fourth-order valence-electron chi connectivity index (χ4n) is 10.7. The molecule has 0 N–H and O–H groups in total. The van der Waals surface area contributed by atoms with Crippen LogP contribution in [0.25, 0.3) is 75.5 Å². The second-order valence-electron chi connectivity index (χ2n) is 16.3. The Morgan fingerprint density at radius 1 is 0.328 bits per heavy atom. The number of rotatable bonds is 5. The molecule has 61 heavy (non-hydrogen) atoms. The van der Waals surface area contributed by atoms with Gasteiger partial charge in [0, 0.05) is 26.6 Å². The predicted molar refractivity (Wildman–Crippen MR) is 259 cm³/mol. The third-order valence-electron chi connectivity index (χ3n) is 13.3. The van der Waals surface area contributed by atoms with Crippen molar-refractivity contribution in [1.82, 2.24) is 0 Å². The van der Waals surface area contributed by atoms with Crippen LogP contribution < -0.4 is 4.90 Å². The highest BCUT2D eigenvalue weighted by atomic mass is 32.1. The van der Waals surface area contributed by atoms with Crippen molar-refractivity contribution in [2.75, 3.05) is 4.90 Å². The zero-order valence-corrected chi connectivity index (χ0v) is 34.0. The maximum Gasteiger partial charge on any atom is 0.0726 e. The highest BCUT2D eigenvalue weighted by molar-refractivity contribution is 7.26. The number of benzene rings is 10. The lowest BCUT2D eigenvalue weighted by Gasteiger charge is -2.32. The van der Waals surface area contributed by atoms with Crippen LogP contribution >= 0.6 is 11.3 Å². The Hall–Kier alpha value is -7.52. The number of anilines is 3. The van der Waals surface area contributed by atoms with Crippen molar-refractivity contribution in [2.24, 2.45) is 0 Å². The van der Waals surface area contributed by atoms with Crippen molar-refractivity contribution in [1.29, 1.82) is 0 Å². The normalized spacial score (nSPS) is 13.0. The standard InChI is InChI=1S/C59H37NS/c1-2-16-38(17-3-1)41-34-35-56-48(37-41)46-24-14-31-55(58(46)61-56)60(53-29-13-9-20-43(53)42-33-32-39-18-4-5-19-40(39)36-42)54-30-15-28-52-57(54)47-23-8-12-27-51(47)59(52)49-25-10-6-21-44(49)45-22-7-11-26-50(45)59/h1-37H. The summed E-state index contributed by atoms with van der Waals surface area (Å²) in [5.41, 5.74) is 18.4. The molecule has 0 amide bonds. The zero-order valence-electron chi connectivity index (χ0n) is 33.2. The lowest BCUT2D eigenvalue weighted by atomic mass is 9.70. The SMILES string of the molecule is c1ccc(-c2ccc3sc4c(N(c5ccccc5-c5ccc6ccccc6c5)c5cccc6c5-c5ccccc5C65c6ccccc6-c6ccccc65)cccc4c3c2)cc1. The fourth-order valence-corrected chi connectivity index (χ4v) is 11.9. The van der Waals surface area contributed by atoms with E-state index in [2.05, 4.69) is 229 Å². The van der Waals surface area contributed by atoms with E-state index in [4.69, 9.17) is 0 Å². The van der Waals surface area contributed by atoms with Gasteiger partial charge in [-0.2, -0.15) is 0 Å². The molecule has 1 spiro atoms. The van der Waals surface area contributed by atoms with Crippen LogP contribution in [0, 0.1) is 0 Å². The molecule has 13 rings (SSSR count). The van der Waals surface area contributed by atoms with Crippen molar-refractivity contribution in [3.05, 3.63) is 247 Å². The van der Waals surface area contributed by atoms with Crippen LogP contribution in [0.5, 0.6) is 0 Å². The Kier molecular flexibility index (Phi) is 7.46. The Labute approximate surface area is 359 Å². The van der Waals surface area contributed by atoms with E-state index in [0.717, 1.165) is 5.69 Å². The van der Waals surface area contributed by atoms with Crippen molar-refractivity contribution in [3.8, 4) is 44.5 Å². The average Bonchev–Trinajstić information content (AvgIpc) is 3.97. The summed E-state index contributed by atoms with van der Waals surface area (Å²) in [5.74, 6) is 0. The van der Waals surface area contributed by atoms with Crippen molar-refractivity contribution in [3.63, 3.8) is 0 Å². The summed E-state index contributed by atoms with van der Waals surface area (Å²) in [7, 11) is 0. The molecule has 0 fully saturated rings. The number of fused-ring (bicyclic) bond motifs is 14. The molecule has 0 radical (unpaired) electrons. The van der Waals surface area contributed by atoms with E-state index >= 15 is 0 Å². The van der Waals surface area contributed by atoms with E-state index in [1.807, 2.05) is 11.3 Å². The first kappa shape index (κ1) is 34.4. The summed E-state index contributed by atoms with van der Waals surface area (Å²) in [6, 6.07) is 83.6. The highest BCUT2D eigenvalue weighted by Gasteiger charge is 2.52. The molecule has 0 unspecified atom stereocenters. The maximum atomic E-state index is 2.59. The first-order valence-electron chi connectivity index (χ1n) is 21.1. The molecule has 2 heteroatoms. The average molecular weight is 792 g/mol. The van der Waals surface area contributed by atoms with Crippen LogP contribution in [0.4, 0.5) is 17.1 Å². The molecule has 11 aromatic rings. The lowest BCUT2D eigenvalue weighted by molar-refractivity contribution is 0.794. The summed E-state index contributed by atoms with van der Waals surface area (Å²) in [4.78, 5) is 2.59. The van der Waals surface area contributed by atoms with Gasteiger partial charge >= 0.3 is 0 Å². The zero-order chi connectivity index (χ0) is 40.1. The van der Waals surface area contributed by atoms with Crippen molar-refractivity contribution in [2.45, 2.75) is 5.41 Å². The smallest absolute Gasteiger partial charge is 0.0726 e. The molecule has 0 saturated carbocycles. The van der Waals surface area contributed by atoms with Crippen LogP contribution in [0.2, 0.25) is 0 Å². The van der Waals surface area contributed by atoms with Crippen LogP contribution in [0.3, 0.4) is 0 Å². The third-order valence-corrected chi connectivity index (χ3v) is 14.5. The molecule has 10 aromatic carbocycles. The summed E-state index contributed by atoms with van der Waals surface area (Å²) in [6.07, 6.45) is 0. The van der Waals surface area contributed by atoms with Gasteiger partial charge in [0.2, 0.25) is 0 Å². The fraction of sp³-hybridized carbons (Fsp3) is 0.0169. The van der Waals surface area contributed by atoms with Gasteiger partial charge in [0.15, 0.2) is 0 Å². The van der Waals surface area contributed by atoms with Crippen LogP contribution in [-0.2, 0) is 5.41 Å².